The van der Waals surface area contributed by atoms with E-state index in [0.29, 0.717) is 5.95 Å². The number of rotatable bonds is 2. The fourth-order valence-electron chi connectivity index (χ4n) is 4.42. The van der Waals surface area contributed by atoms with Gasteiger partial charge in [0, 0.05) is 26.2 Å². The summed E-state index contributed by atoms with van der Waals surface area (Å²) in [7, 11) is 0. The number of hydrogen-bond donors (Lipinski definition) is 0. The first-order valence-corrected chi connectivity index (χ1v) is 11.0. The van der Waals surface area contributed by atoms with E-state index in [2.05, 4.69) is 88.1 Å². The third kappa shape index (κ3) is 2.87. The summed E-state index contributed by atoms with van der Waals surface area (Å²) in [5, 5.41) is 3.48. The highest BCUT2D eigenvalue weighted by Gasteiger charge is 2.18. The molecule has 0 aliphatic rings. The molecule has 0 saturated heterocycles. The lowest BCUT2D eigenvalue weighted by atomic mass is 10.1. The van der Waals surface area contributed by atoms with Gasteiger partial charge in [-0.05, 0) is 42.8 Å². The van der Waals surface area contributed by atoms with Crippen LogP contribution in [0.15, 0.2) is 95.5 Å². The zero-order valence-electron chi connectivity index (χ0n) is 16.9. The summed E-state index contributed by atoms with van der Waals surface area (Å²) in [6.07, 6.45) is 0. The van der Waals surface area contributed by atoms with Crippen LogP contribution in [0.3, 0.4) is 0 Å². The molecule has 6 aromatic rings. The van der Waals surface area contributed by atoms with Gasteiger partial charge in [-0.3, -0.25) is 4.57 Å². The molecule has 0 bridgehead atoms. The van der Waals surface area contributed by atoms with Gasteiger partial charge in [0.1, 0.15) is 0 Å². The van der Waals surface area contributed by atoms with Crippen LogP contribution in [0.2, 0.25) is 0 Å². The van der Waals surface area contributed by atoms with Crippen molar-refractivity contribution in [3.8, 4) is 17.2 Å². The van der Waals surface area contributed by atoms with E-state index in [-0.39, 0.29) is 0 Å². The molecule has 0 atom stereocenters. The van der Waals surface area contributed by atoms with E-state index in [1.54, 1.807) is 0 Å². The maximum Gasteiger partial charge on any atom is 0.235 e. The molecule has 0 unspecified atom stereocenters. The minimum absolute atomic E-state index is 0.686. The van der Waals surface area contributed by atoms with Gasteiger partial charge < -0.3 is 0 Å². The molecule has 6 rings (SSSR count). The third-order valence-electron chi connectivity index (χ3n) is 5.80. The quantitative estimate of drug-likeness (QED) is 0.266. The topological polar surface area (TPSA) is 30.7 Å². The Hall–Kier alpha value is -3.50. The van der Waals surface area contributed by atoms with Crippen molar-refractivity contribution in [3.63, 3.8) is 0 Å². The first-order valence-electron chi connectivity index (χ1n) is 10.2. The lowest BCUT2D eigenvalue weighted by molar-refractivity contribution is 1.01. The van der Waals surface area contributed by atoms with Crippen LogP contribution in [0.25, 0.3) is 49.9 Å². The summed E-state index contributed by atoms with van der Waals surface area (Å²) in [5.74, 6) is 0.686. The minimum Gasteiger partial charge on any atom is -0.278 e. The van der Waals surface area contributed by atoms with Gasteiger partial charge >= 0.3 is 0 Å². The molecule has 0 fully saturated rings. The predicted octanol–water partition coefficient (Wildman–Crippen LogP) is 7.46. The molecule has 148 valence electrons. The summed E-state index contributed by atoms with van der Waals surface area (Å²) in [5.41, 5.74) is 6.42. The van der Waals surface area contributed by atoms with Crippen LogP contribution in [-0.4, -0.2) is 14.5 Å². The largest absolute Gasteiger partial charge is 0.278 e. The van der Waals surface area contributed by atoms with Crippen molar-refractivity contribution >= 4 is 48.6 Å². The average Bonchev–Trinajstić information content (AvgIpc) is 3.13. The highest BCUT2D eigenvalue weighted by atomic mass is 79.9. The van der Waals surface area contributed by atoms with Crippen LogP contribution < -0.4 is 0 Å². The lowest BCUT2D eigenvalue weighted by Crippen LogP contribution is -2.03. The summed E-state index contributed by atoms with van der Waals surface area (Å²) in [4.78, 5) is 10.1. The molecule has 4 aromatic carbocycles. The van der Waals surface area contributed by atoms with Gasteiger partial charge in [-0.25, -0.2) is 9.97 Å². The number of halogens is 1. The van der Waals surface area contributed by atoms with Gasteiger partial charge in [0.2, 0.25) is 5.95 Å². The van der Waals surface area contributed by atoms with Gasteiger partial charge in [-0.15, -0.1) is 0 Å². The van der Waals surface area contributed by atoms with Crippen molar-refractivity contribution in [1.29, 1.82) is 0 Å². The van der Waals surface area contributed by atoms with E-state index in [4.69, 9.17) is 9.97 Å². The Bertz CT molecular complexity index is 1600. The molecule has 2 heterocycles. The maximum atomic E-state index is 5.11. The Kier molecular flexibility index (Phi) is 4.15. The summed E-state index contributed by atoms with van der Waals surface area (Å²) < 4.78 is 3.25. The van der Waals surface area contributed by atoms with Crippen LogP contribution in [0.5, 0.6) is 0 Å². The van der Waals surface area contributed by atoms with E-state index in [1.807, 2.05) is 30.3 Å². The average molecular weight is 464 g/mol. The molecule has 3 nitrogen and oxygen atoms in total. The monoisotopic (exact) mass is 463 g/mol. The molecule has 4 heteroatoms. The Morgan fingerprint density at radius 3 is 2.39 bits per heavy atom. The third-order valence-corrected chi connectivity index (χ3v) is 6.29. The second-order valence-corrected chi connectivity index (χ2v) is 8.64. The standard InChI is InChI=1S/C27H18BrN3/c1-17-8-7-13-24-25(17)21-16-19(28)14-15-23(21)31(24)27-29-22-12-6-5-11-20(22)26(30-27)18-9-3-2-4-10-18/h2-16H,1H3. The zero-order chi connectivity index (χ0) is 20.9. The number of aromatic nitrogens is 3. The SMILES string of the molecule is Cc1cccc2c1c1cc(Br)ccc1n2-c1nc(-c2ccccc2)c2ccccc2n1. The van der Waals surface area contributed by atoms with Gasteiger partial charge in [0.15, 0.2) is 0 Å². The zero-order valence-corrected chi connectivity index (χ0v) is 18.5. The molecule has 2 aromatic heterocycles. The van der Waals surface area contributed by atoms with Crippen molar-refractivity contribution < 1.29 is 0 Å². The van der Waals surface area contributed by atoms with E-state index in [0.717, 1.165) is 37.7 Å². The second kappa shape index (κ2) is 7.03. The van der Waals surface area contributed by atoms with E-state index >= 15 is 0 Å². The Labute approximate surface area is 188 Å². The normalized spacial score (nSPS) is 11.5. The van der Waals surface area contributed by atoms with Gasteiger partial charge in [-0.2, -0.15) is 0 Å². The van der Waals surface area contributed by atoms with Crippen LogP contribution in [0.4, 0.5) is 0 Å². The molecule has 31 heavy (non-hydrogen) atoms. The highest BCUT2D eigenvalue weighted by molar-refractivity contribution is 9.10. The first-order chi connectivity index (χ1) is 15.2. The molecule has 0 N–H and O–H groups in total. The Morgan fingerprint density at radius 1 is 0.710 bits per heavy atom. The number of fused-ring (bicyclic) bond motifs is 4. The fourth-order valence-corrected chi connectivity index (χ4v) is 4.78. The van der Waals surface area contributed by atoms with Crippen LogP contribution >= 0.6 is 15.9 Å². The summed E-state index contributed by atoms with van der Waals surface area (Å²) in [6, 6.07) is 31.4. The molecule has 0 amide bonds. The van der Waals surface area contributed by atoms with Gasteiger partial charge in [-0.1, -0.05) is 76.6 Å². The van der Waals surface area contributed by atoms with E-state index in [9.17, 15) is 0 Å². The van der Waals surface area contributed by atoms with Gasteiger partial charge in [0.25, 0.3) is 0 Å². The van der Waals surface area contributed by atoms with Gasteiger partial charge in [0.05, 0.1) is 22.2 Å². The Morgan fingerprint density at radius 2 is 1.52 bits per heavy atom. The molecule has 0 radical (unpaired) electrons. The number of aryl methyl sites for hydroxylation is 1. The van der Waals surface area contributed by atoms with E-state index in [1.165, 1.54) is 16.3 Å². The Balaban J connectivity index is 1.76. The molecular weight excluding hydrogens is 446 g/mol. The molecule has 0 saturated carbocycles. The number of para-hydroxylation sites is 1. The maximum absolute atomic E-state index is 5.11. The fraction of sp³-hybridized carbons (Fsp3) is 0.0370. The number of nitrogens with zero attached hydrogens (tertiary/aromatic N) is 3. The van der Waals surface area contributed by atoms with E-state index < -0.39 is 0 Å². The van der Waals surface area contributed by atoms with Crippen LogP contribution in [0.1, 0.15) is 5.56 Å². The predicted molar refractivity (Wildman–Crippen MR) is 132 cm³/mol. The first kappa shape index (κ1) is 18.3. The lowest BCUT2D eigenvalue weighted by Gasteiger charge is -2.11. The summed E-state index contributed by atoms with van der Waals surface area (Å²) >= 11 is 3.64. The number of benzene rings is 4. The minimum atomic E-state index is 0.686. The molecule has 0 spiro atoms. The van der Waals surface area contributed by atoms with Crippen molar-refractivity contribution in [2.24, 2.45) is 0 Å². The summed E-state index contributed by atoms with van der Waals surface area (Å²) in [6.45, 7) is 2.16. The van der Waals surface area contributed by atoms with Crippen molar-refractivity contribution in [1.82, 2.24) is 14.5 Å². The second-order valence-electron chi connectivity index (χ2n) is 7.72. The smallest absolute Gasteiger partial charge is 0.235 e. The van der Waals surface area contributed by atoms with Crippen molar-refractivity contribution in [2.45, 2.75) is 6.92 Å². The number of hydrogen-bond acceptors (Lipinski definition) is 2. The van der Waals surface area contributed by atoms with Crippen molar-refractivity contribution in [2.75, 3.05) is 0 Å². The van der Waals surface area contributed by atoms with Crippen LogP contribution in [-0.2, 0) is 0 Å². The highest BCUT2D eigenvalue weighted by Crippen LogP contribution is 2.36. The van der Waals surface area contributed by atoms with Crippen LogP contribution in [0, 0.1) is 6.92 Å². The molecular formula is C27H18BrN3. The molecule has 0 aliphatic heterocycles. The van der Waals surface area contributed by atoms with Crippen molar-refractivity contribution in [3.05, 3.63) is 101 Å². The molecule has 0 aliphatic carbocycles.